The predicted octanol–water partition coefficient (Wildman–Crippen LogP) is 4.46. The van der Waals surface area contributed by atoms with Crippen LogP contribution in [-0.2, 0) is 28.2 Å². The molecule has 11 heteroatoms. The molecule has 0 amide bonds. The Kier molecular flexibility index (Phi) is 8.86. The highest BCUT2D eigenvalue weighted by Gasteiger charge is 2.11. The normalized spacial score (nSPS) is 11.2. The number of hydrogen-bond donors (Lipinski definition) is 1. The van der Waals surface area contributed by atoms with Crippen LogP contribution in [0.25, 0.3) is 0 Å². The van der Waals surface area contributed by atoms with Crippen LogP contribution in [0.2, 0.25) is 0 Å². The van der Waals surface area contributed by atoms with Crippen molar-refractivity contribution < 1.29 is 21.7 Å². The minimum Gasteiger partial charge on any atom is -0.726 e. The molecule has 2 aromatic carbocycles. The van der Waals surface area contributed by atoms with Crippen molar-refractivity contribution >= 4 is 54.2 Å². The zero-order valence-electron chi connectivity index (χ0n) is 15.6. The van der Waals surface area contributed by atoms with Gasteiger partial charge in [-0.2, -0.15) is 0 Å². The van der Waals surface area contributed by atoms with E-state index in [2.05, 4.69) is 47.8 Å². The summed E-state index contributed by atoms with van der Waals surface area (Å²) >= 11 is 4.99. The second kappa shape index (κ2) is 11.1. The summed E-state index contributed by atoms with van der Waals surface area (Å²) in [4.78, 5) is 0. The van der Waals surface area contributed by atoms with Gasteiger partial charge >= 0.3 is 5.13 Å². The number of nitrogens with one attached hydrogen (secondary N) is 1. The molecule has 0 aliphatic carbocycles. The first-order chi connectivity index (χ1) is 13.8. The highest BCUT2D eigenvalue weighted by atomic mass is 79.9. The average molecular weight is 499 g/mol. The number of azo groups is 1. The van der Waals surface area contributed by atoms with Crippen molar-refractivity contribution in [2.24, 2.45) is 17.3 Å². The van der Waals surface area contributed by atoms with Gasteiger partial charge in [-0.1, -0.05) is 30.3 Å². The van der Waals surface area contributed by atoms with E-state index in [1.54, 1.807) is 11.3 Å². The fourth-order valence-corrected chi connectivity index (χ4v) is 3.44. The Morgan fingerprint density at radius 3 is 2.28 bits per heavy atom. The van der Waals surface area contributed by atoms with Gasteiger partial charge in [0.05, 0.1) is 19.3 Å². The minimum atomic E-state index is -4.41. The smallest absolute Gasteiger partial charge is 0.409 e. The first kappa shape index (κ1) is 23.1. The Bertz CT molecular complexity index is 1040. The number of anilines is 1. The zero-order chi connectivity index (χ0) is 21.3. The molecule has 0 bridgehead atoms. The van der Waals surface area contributed by atoms with Gasteiger partial charge < -0.3 is 9.87 Å². The SMILES string of the molecule is COS(=O)(=O)[O-].C[n+]1cc(Br)sc1N=Nc1ccc(NCc2ccccc2)cc1. The minimum absolute atomic E-state index is 0.806. The number of aromatic nitrogens is 1. The maximum Gasteiger partial charge on any atom is 0.409 e. The van der Waals surface area contributed by atoms with Gasteiger partial charge in [-0.3, -0.25) is 4.18 Å². The molecule has 0 spiro atoms. The molecule has 3 rings (SSSR count). The van der Waals surface area contributed by atoms with Gasteiger partial charge in [0.1, 0.15) is 15.7 Å². The van der Waals surface area contributed by atoms with E-state index in [4.69, 9.17) is 0 Å². The molecule has 154 valence electrons. The summed E-state index contributed by atoms with van der Waals surface area (Å²) in [5, 5.41) is 12.8. The second-order valence-electron chi connectivity index (χ2n) is 5.59. The lowest BCUT2D eigenvalue weighted by molar-refractivity contribution is -0.654. The lowest BCUT2D eigenvalue weighted by Crippen LogP contribution is -2.23. The highest BCUT2D eigenvalue weighted by molar-refractivity contribution is 9.11. The second-order valence-corrected chi connectivity index (χ2v) is 9.13. The Balaban J connectivity index is 0.000000438. The van der Waals surface area contributed by atoms with Crippen molar-refractivity contribution in [2.45, 2.75) is 6.54 Å². The Hall–Kier alpha value is -2.18. The van der Waals surface area contributed by atoms with Crippen LogP contribution in [0.5, 0.6) is 0 Å². The molecule has 0 radical (unpaired) electrons. The largest absolute Gasteiger partial charge is 0.726 e. The van der Waals surface area contributed by atoms with E-state index in [1.165, 1.54) is 5.56 Å². The van der Waals surface area contributed by atoms with Crippen molar-refractivity contribution in [2.75, 3.05) is 12.4 Å². The lowest BCUT2D eigenvalue weighted by Gasteiger charge is -2.05. The first-order valence-corrected chi connectivity index (χ1v) is 11.2. The predicted molar refractivity (Wildman–Crippen MR) is 114 cm³/mol. The Labute approximate surface area is 182 Å². The van der Waals surface area contributed by atoms with E-state index in [0.717, 1.165) is 33.9 Å². The molecule has 0 saturated carbocycles. The van der Waals surface area contributed by atoms with Gasteiger partial charge in [-0.15, -0.1) is 0 Å². The van der Waals surface area contributed by atoms with Crippen LogP contribution in [-0.4, -0.2) is 20.1 Å². The highest BCUT2D eigenvalue weighted by Crippen LogP contribution is 2.26. The number of aryl methyl sites for hydroxylation is 1. The zero-order valence-corrected chi connectivity index (χ0v) is 18.9. The lowest BCUT2D eigenvalue weighted by atomic mass is 10.2. The number of nitrogens with zero attached hydrogens (tertiary/aromatic N) is 3. The summed E-state index contributed by atoms with van der Waals surface area (Å²) in [6.07, 6.45) is 1.97. The van der Waals surface area contributed by atoms with E-state index in [-0.39, 0.29) is 0 Å². The standard InChI is InChI=1S/C17H15BrN4S.CH4O4S/c1-22-12-16(18)23-17(22)21-20-15-9-7-14(8-10-15)19-11-13-5-3-2-4-6-13;1-5-6(2,3)4/h2-10,12H,11H2,1H3;1H3,(H,2,3,4). The van der Waals surface area contributed by atoms with Crippen LogP contribution in [0, 0.1) is 0 Å². The van der Waals surface area contributed by atoms with Crippen LogP contribution in [0.15, 0.2) is 74.8 Å². The molecular weight excluding hydrogens is 480 g/mol. The third-order valence-corrected chi connectivity index (χ3v) is 5.40. The third-order valence-electron chi connectivity index (χ3n) is 3.45. The molecule has 3 aromatic rings. The van der Waals surface area contributed by atoms with Gasteiger partial charge in [0.25, 0.3) is 0 Å². The Morgan fingerprint density at radius 2 is 1.76 bits per heavy atom. The molecule has 0 aliphatic heterocycles. The molecule has 1 heterocycles. The molecule has 8 nitrogen and oxygen atoms in total. The van der Waals surface area contributed by atoms with Crippen molar-refractivity contribution in [3.05, 3.63) is 70.1 Å². The molecule has 0 unspecified atom stereocenters. The maximum atomic E-state index is 9.22. The summed E-state index contributed by atoms with van der Waals surface area (Å²) in [6, 6.07) is 18.3. The number of rotatable bonds is 6. The molecule has 29 heavy (non-hydrogen) atoms. The number of benzene rings is 2. The number of thiazole rings is 1. The van der Waals surface area contributed by atoms with E-state index >= 15 is 0 Å². The quantitative estimate of drug-likeness (QED) is 0.233. The monoisotopic (exact) mass is 498 g/mol. The van der Waals surface area contributed by atoms with Gasteiger partial charge in [-0.05, 0) is 62.2 Å². The summed E-state index contributed by atoms with van der Waals surface area (Å²) < 4.78 is 34.0. The van der Waals surface area contributed by atoms with Gasteiger partial charge in [0.15, 0.2) is 0 Å². The number of hydrogen-bond acceptors (Lipinski definition) is 8. The van der Waals surface area contributed by atoms with Gasteiger partial charge in [0, 0.05) is 12.2 Å². The van der Waals surface area contributed by atoms with Gasteiger partial charge in [-0.25, -0.2) is 13.0 Å². The van der Waals surface area contributed by atoms with E-state index < -0.39 is 10.4 Å². The summed E-state index contributed by atoms with van der Waals surface area (Å²) in [6.45, 7) is 0.806. The van der Waals surface area contributed by atoms with Crippen molar-refractivity contribution in [3.63, 3.8) is 0 Å². The van der Waals surface area contributed by atoms with Crippen LogP contribution in [0.1, 0.15) is 5.56 Å². The fraction of sp³-hybridized carbons (Fsp3) is 0.167. The summed E-state index contributed by atoms with van der Waals surface area (Å²) in [7, 11) is -1.65. The fourth-order valence-electron chi connectivity index (χ4n) is 2.03. The van der Waals surface area contributed by atoms with E-state index in [9.17, 15) is 13.0 Å². The third kappa shape index (κ3) is 8.79. The maximum absolute atomic E-state index is 9.22. The summed E-state index contributed by atoms with van der Waals surface area (Å²) in [5.74, 6) is 0. The van der Waals surface area contributed by atoms with Crippen molar-refractivity contribution in [3.8, 4) is 0 Å². The molecule has 0 aliphatic rings. The molecule has 0 fully saturated rings. The molecule has 1 N–H and O–H groups in total. The molecule has 0 saturated heterocycles. The number of halogens is 1. The van der Waals surface area contributed by atoms with E-state index in [1.807, 2.05) is 60.3 Å². The van der Waals surface area contributed by atoms with Gasteiger partial charge in [0.2, 0.25) is 10.4 Å². The van der Waals surface area contributed by atoms with Crippen LogP contribution >= 0.6 is 27.3 Å². The van der Waals surface area contributed by atoms with E-state index in [0.29, 0.717) is 0 Å². The van der Waals surface area contributed by atoms with Crippen molar-refractivity contribution in [1.82, 2.24) is 0 Å². The van der Waals surface area contributed by atoms with Crippen LogP contribution < -0.4 is 9.88 Å². The van der Waals surface area contributed by atoms with Crippen LogP contribution in [0.4, 0.5) is 16.5 Å². The topological polar surface area (TPSA) is 107 Å². The first-order valence-electron chi connectivity index (χ1n) is 8.23. The van der Waals surface area contributed by atoms with Crippen molar-refractivity contribution in [1.29, 1.82) is 0 Å². The Morgan fingerprint density at radius 1 is 1.14 bits per heavy atom. The molecule has 0 atom stereocenters. The average Bonchev–Trinajstić information content (AvgIpc) is 3.03. The molecular formula is C18H19BrN4O4S2. The summed E-state index contributed by atoms with van der Waals surface area (Å²) in [5.41, 5.74) is 3.16. The molecule has 1 aromatic heterocycles. The van der Waals surface area contributed by atoms with Crippen LogP contribution in [0.3, 0.4) is 0 Å².